The van der Waals surface area contributed by atoms with E-state index in [9.17, 15) is 9.59 Å². The topological polar surface area (TPSA) is 76.3 Å². The van der Waals surface area contributed by atoms with E-state index in [1.54, 1.807) is 48.5 Å². The molecule has 0 saturated heterocycles. The fraction of sp³-hybridized carbons (Fsp3) is 0.0588. The quantitative estimate of drug-likeness (QED) is 0.701. The van der Waals surface area contributed by atoms with Crippen molar-refractivity contribution in [3.05, 3.63) is 70.7 Å². The Hall–Kier alpha value is -2.99. The standard InChI is InChI=1S/C17H14ClN3O3/c1-2-9-21-14-8-7-11(10-15(14)24-17(21)23)19-16(22)20-13-6-4-3-5-12(13)18/h2-8,10H,1,9H2,(H2,19,20,22). The van der Waals surface area contributed by atoms with Gasteiger partial charge in [0.25, 0.3) is 0 Å². The zero-order chi connectivity index (χ0) is 17.1. The molecule has 24 heavy (non-hydrogen) atoms. The van der Waals surface area contributed by atoms with Gasteiger partial charge in [0, 0.05) is 18.3 Å². The van der Waals surface area contributed by atoms with Gasteiger partial charge in [0.15, 0.2) is 5.58 Å². The van der Waals surface area contributed by atoms with Gasteiger partial charge in [0.2, 0.25) is 0 Å². The van der Waals surface area contributed by atoms with Crippen molar-refractivity contribution < 1.29 is 9.21 Å². The van der Waals surface area contributed by atoms with Crippen LogP contribution in [0.1, 0.15) is 0 Å². The van der Waals surface area contributed by atoms with E-state index in [2.05, 4.69) is 17.2 Å². The minimum Gasteiger partial charge on any atom is -0.408 e. The van der Waals surface area contributed by atoms with Crippen molar-refractivity contribution >= 4 is 40.1 Å². The average molecular weight is 344 g/mol. The molecule has 0 aliphatic carbocycles. The second-order valence-electron chi connectivity index (χ2n) is 5.01. The van der Waals surface area contributed by atoms with Crippen LogP contribution >= 0.6 is 11.6 Å². The lowest BCUT2D eigenvalue weighted by Gasteiger charge is -2.08. The highest BCUT2D eigenvalue weighted by atomic mass is 35.5. The molecule has 0 bridgehead atoms. The van der Waals surface area contributed by atoms with E-state index in [1.165, 1.54) is 4.57 Å². The Balaban J connectivity index is 1.80. The number of halogens is 1. The first kappa shape index (κ1) is 15.9. The number of benzene rings is 2. The molecule has 0 atom stereocenters. The van der Waals surface area contributed by atoms with Gasteiger partial charge in [-0.05, 0) is 24.3 Å². The van der Waals surface area contributed by atoms with E-state index in [4.69, 9.17) is 16.0 Å². The molecule has 2 amide bonds. The number of para-hydroxylation sites is 1. The second kappa shape index (κ2) is 6.64. The van der Waals surface area contributed by atoms with Crippen molar-refractivity contribution in [1.29, 1.82) is 0 Å². The highest BCUT2D eigenvalue weighted by Gasteiger charge is 2.10. The molecule has 0 aliphatic heterocycles. The fourth-order valence-electron chi connectivity index (χ4n) is 2.29. The zero-order valence-corrected chi connectivity index (χ0v) is 13.3. The molecule has 0 fully saturated rings. The first-order valence-corrected chi connectivity index (χ1v) is 7.53. The number of anilines is 2. The molecule has 0 radical (unpaired) electrons. The number of hydrogen-bond donors (Lipinski definition) is 2. The van der Waals surface area contributed by atoms with Crippen molar-refractivity contribution in [2.24, 2.45) is 0 Å². The summed E-state index contributed by atoms with van der Waals surface area (Å²) in [4.78, 5) is 23.8. The smallest absolute Gasteiger partial charge is 0.408 e. The van der Waals surface area contributed by atoms with E-state index >= 15 is 0 Å². The van der Waals surface area contributed by atoms with Crippen LogP contribution in [-0.2, 0) is 6.54 Å². The predicted octanol–water partition coefficient (Wildman–Crippen LogP) is 4.08. The highest BCUT2D eigenvalue weighted by molar-refractivity contribution is 6.33. The predicted molar refractivity (Wildman–Crippen MR) is 94.8 cm³/mol. The number of nitrogens with one attached hydrogen (secondary N) is 2. The van der Waals surface area contributed by atoms with Crippen molar-refractivity contribution in [2.75, 3.05) is 10.6 Å². The fourth-order valence-corrected chi connectivity index (χ4v) is 2.48. The SMILES string of the molecule is C=CCn1c(=O)oc2cc(NC(=O)Nc3ccccc3Cl)ccc21. The minimum absolute atomic E-state index is 0.353. The van der Waals surface area contributed by atoms with Gasteiger partial charge in [-0.3, -0.25) is 4.57 Å². The molecule has 3 aromatic rings. The Bertz CT molecular complexity index is 975. The number of amides is 2. The number of carbonyl (C=O) groups excluding carboxylic acids is 1. The third kappa shape index (κ3) is 3.18. The molecular formula is C17H14ClN3O3. The van der Waals surface area contributed by atoms with E-state index in [1.807, 2.05) is 0 Å². The van der Waals surface area contributed by atoms with Gasteiger partial charge in [-0.1, -0.05) is 29.8 Å². The van der Waals surface area contributed by atoms with Gasteiger partial charge in [0.1, 0.15) is 0 Å². The van der Waals surface area contributed by atoms with Gasteiger partial charge >= 0.3 is 11.8 Å². The summed E-state index contributed by atoms with van der Waals surface area (Å²) < 4.78 is 6.63. The Morgan fingerprint density at radius 2 is 2.04 bits per heavy atom. The normalized spacial score (nSPS) is 10.5. The Kier molecular flexibility index (Phi) is 4.39. The van der Waals surface area contributed by atoms with Crippen molar-refractivity contribution in [3.63, 3.8) is 0 Å². The van der Waals surface area contributed by atoms with Gasteiger partial charge in [-0.25, -0.2) is 9.59 Å². The van der Waals surface area contributed by atoms with E-state index in [-0.39, 0.29) is 0 Å². The maximum Gasteiger partial charge on any atom is 0.420 e. The Morgan fingerprint density at radius 3 is 2.79 bits per heavy atom. The number of aromatic nitrogens is 1. The first-order valence-electron chi connectivity index (χ1n) is 7.15. The van der Waals surface area contributed by atoms with Crippen LogP contribution in [0.5, 0.6) is 0 Å². The summed E-state index contributed by atoms with van der Waals surface area (Å²) in [6, 6.07) is 11.4. The summed E-state index contributed by atoms with van der Waals surface area (Å²) in [5.74, 6) is -0.470. The molecule has 3 rings (SSSR count). The molecule has 0 unspecified atom stereocenters. The van der Waals surface area contributed by atoms with Gasteiger partial charge < -0.3 is 15.1 Å². The molecule has 2 aromatic carbocycles. The van der Waals surface area contributed by atoms with Crippen LogP contribution in [0.15, 0.2) is 64.3 Å². The van der Waals surface area contributed by atoms with Crippen LogP contribution in [0.4, 0.5) is 16.2 Å². The number of urea groups is 1. The third-order valence-electron chi connectivity index (χ3n) is 3.36. The molecule has 0 saturated carbocycles. The number of nitrogens with zero attached hydrogens (tertiary/aromatic N) is 1. The maximum absolute atomic E-state index is 12.1. The molecule has 1 heterocycles. The van der Waals surface area contributed by atoms with Crippen LogP contribution in [0, 0.1) is 0 Å². The largest absolute Gasteiger partial charge is 0.420 e. The first-order chi connectivity index (χ1) is 11.6. The number of carbonyl (C=O) groups is 1. The number of allylic oxidation sites excluding steroid dienone is 1. The lowest BCUT2D eigenvalue weighted by atomic mass is 10.3. The Labute approximate surface area is 142 Å². The maximum atomic E-state index is 12.1. The number of hydrogen-bond acceptors (Lipinski definition) is 3. The summed E-state index contributed by atoms with van der Waals surface area (Å²) in [6.45, 7) is 3.96. The highest BCUT2D eigenvalue weighted by Crippen LogP contribution is 2.22. The molecule has 0 aliphatic rings. The van der Waals surface area contributed by atoms with E-state index in [0.717, 1.165) is 0 Å². The number of fused-ring (bicyclic) bond motifs is 1. The molecule has 1 aromatic heterocycles. The van der Waals surface area contributed by atoms with Crippen LogP contribution < -0.4 is 16.4 Å². The van der Waals surface area contributed by atoms with Gasteiger partial charge in [-0.15, -0.1) is 6.58 Å². The van der Waals surface area contributed by atoms with Crippen LogP contribution in [0.2, 0.25) is 5.02 Å². The van der Waals surface area contributed by atoms with Crippen molar-refractivity contribution in [1.82, 2.24) is 4.57 Å². The second-order valence-corrected chi connectivity index (χ2v) is 5.42. The third-order valence-corrected chi connectivity index (χ3v) is 3.69. The molecule has 2 N–H and O–H groups in total. The van der Waals surface area contributed by atoms with Crippen molar-refractivity contribution in [2.45, 2.75) is 6.54 Å². The minimum atomic E-state index is -0.470. The monoisotopic (exact) mass is 343 g/mol. The lowest BCUT2D eigenvalue weighted by Crippen LogP contribution is -2.19. The summed E-state index contributed by atoms with van der Waals surface area (Å²) in [6.07, 6.45) is 1.61. The van der Waals surface area contributed by atoms with Crippen molar-refractivity contribution in [3.8, 4) is 0 Å². The molecule has 7 heteroatoms. The summed E-state index contributed by atoms with van der Waals surface area (Å²) >= 11 is 6.00. The molecule has 6 nitrogen and oxygen atoms in total. The van der Waals surface area contributed by atoms with E-state index < -0.39 is 11.8 Å². The Morgan fingerprint density at radius 1 is 1.25 bits per heavy atom. The lowest BCUT2D eigenvalue weighted by molar-refractivity contribution is 0.262. The number of rotatable bonds is 4. The summed E-state index contributed by atoms with van der Waals surface area (Å²) in [7, 11) is 0. The zero-order valence-electron chi connectivity index (χ0n) is 12.6. The molecular weight excluding hydrogens is 330 g/mol. The van der Waals surface area contributed by atoms with Crippen LogP contribution in [-0.4, -0.2) is 10.6 Å². The van der Waals surface area contributed by atoms with Crippen LogP contribution in [0.3, 0.4) is 0 Å². The summed E-state index contributed by atoms with van der Waals surface area (Å²) in [5.41, 5.74) is 2.02. The number of oxazole rings is 1. The molecule has 0 spiro atoms. The van der Waals surface area contributed by atoms with Crippen LogP contribution in [0.25, 0.3) is 11.1 Å². The van der Waals surface area contributed by atoms with E-state index in [0.29, 0.717) is 34.0 Å². The van der Waals surface area contributed by atoms with Gasteiger partial charge in [-0.2, -0.15) is 0 Å². The average Bonchev–Trinajstić information content (AvgIpc) is 2.85. The van der Waals surface area contributed by atoms with Gasteiger partial charge in [0.05, 0.1) is 16.2 Å². The summed E-state index contributed by atoms with van der Waals surface area (Å²) in [5, 5.41) is 5.76. The molecule has 122 valence electrons.